The fourth-order valence-electron chi connectivity index (χ4n) is 3.01. The summed E-state index contributed by atoms with van der Waals surface area (Å²) < 4.78 is 0. The van der Waals surface area contributed by atoms with E-state index in [4.69, 9.17) is 0 Å². The van der Waals surface area contributed by atoms with Crippen LogP contribution in [0.25, 0.3) is 0 Å². The van der Waals surface area contributed by atoms with Gasteiger partial charge >= 0.3 is 0 Å². The first-order valence-corrected chi connectivity index (χ1v) is 9.34. The highest BCUT2D eigenvalue weighted by molar-refractivity contribution is 5.48. The molecule has 2 aromatic carbocycles. The number of benzene rings is 2. The van der Waals surface area contributed by atoms with E-state index in [0.29, 0.717) is 0 Å². The van der Waals surface area contributed by atoms with Crippen molar-refractivity contribution in [3.05, 3.63) is 145 Å². The first-order chi connectivity index (χ1) is 13.3. The molecule has 0 fully saturated rings. The van der Waals surface area contributed by atoms with E-state index in [-0.39, 0.29) is 5.92 Å². The molecule has 0 aliphatic rings. The van der Waals surface area contributed by atoms with Gasteiger partial charge in [-0.15, -0.1) is 0 Å². The Morgan fingerprint density at radius 3 is 1.96 bits per heavy atom. The van der Waals surface area contributed by atoms with Gasteiger partial charge in [0.05, 0.1) is 0 Å². The molecule has 0 unspecified atom stereocenters. The van der Waals surface area contributed by atoms with Crippen molar-refractivity contribution in [3.8, 4) is 0 Å². The molecule has 136 valence electrons. The van der Waals surface area contributed by atoms with Gasteiger partial charge in [0.15, 0.2) is 0 Å². The van der Waals surface area contributed by atoms with Gasteiger partial charge in [0.2, 0.25) is 0 Å². The minimum Gasteiger partial charge on any atom is -0.0991 e. The summed E-state index contributed by atoms with van der Waals surface area (Å²) >= 11 is 0. The van der Waals surface area contributed by atoms with Crippen LogP contribution in [0.5, 0.6) is 0 Å². The van der Waals surface area contributed by atoms with Crippen LogP contribution in [0.4, 0.5) is 0 Å². The maximum Gasteiger partial charge on any atom is 0.0339 e. The smallest absolute Gasteiger partial charge is 0.0339 e. The van der Waals surface area contributed by atoms with Crippen LogP contribution in [0, 0.1) is 0 Å². The van der Waals surface area contributed by atoms with Gasteiger partial charge in [0.25, 0.3) is 0 Å². The van der Waals surface area contributed by atoms with Crippen LogP contribution in [0.2, 0.25) is 0 Å². The Bertz CT molecular complexity index is 791. The molecule has 0 heteroatoms. The third-order valence-corrected chi connectivity index (χ3v) is 4.36. The summed E-state index contributed by atoms with van der Waals surface area (Å²) in [6.45, 7) is 9.86. The second-order valence-electron chi connectivity index (χ2n) is 6.19. The van der Waals surface area contributed by atoms with E-state index in [1.54, 1.807) is 6.08 Å². The van der Waals surface area contributed by atoms with Gasteiger partial charge in [-0.2, -0.15) is 0 Å². The van der Waals surface area contributed by atoms with Gasteiger partial charge < -0.3 is 0 Å². The van der Waals surface area contributed by atoms with Crippen molar-refractivity contribution in [2.24, 2.45) is 0 Å². The molecule has 2 rings (SSSR count). The number of rotatable bonds is 9. The Morgan fingerprint density at radius 1 is 0.889 bits per heavy atom. The van der Waals surface area contributed by atoms with Crippen LogP contribution in [-0.2, 0) is 0 Å². The van der Waals surface area contributed by atoms with Crippen molar-refractivity contribution < 1.29 is 0 Å². The molecule has 0 saturated carbocycles. The van der Waals surface area contributed by atoms with Gasteiger partial charge in [-0.1, -0.05) is 122 Å². The molecule has 0 saturated heterocycles. The molecule has 0 spiro atoms. The van der Waals surface area contributed by atoms with Crippen LogP contribution >= 0.6 is 0 Å². The van der Waals surface area contributed by atoms with E-state index in [2.05, 4.69) is 111 Å². The maximum atomic E-state index is 4.10. The fraction of sp³-hybridized carbons (Fsp3) is 0.111. The SMILES string of the molecule is C=C/C=C\C\C=C/C(=C\C)/C=C(\C=C)C(c1ccccc1)c1ccccc1. The minimum atomic E-state index is 0.161. The van der Waals surface area contributed by atoms with Crippen molar-refractivity contribution in [3.63, 3.8) is 0 Å². The maximum absolute atomic E-state index is 4.10. The van der Waals surface area contributed by atoms with E-state index < -0.39 is 0 Å². The predicted octanol–water partition coefficient (Wildman–Crippen LogP) is 7.57. The lowest BCUT2D eigenvalue weighted by Crippen LogP contribution is -2.03. The van der Waals surface area contributed by atoms with Gasteiger partial charge in [-0.05, 0) is 35.6 Å². The lowest BCUT2D eigenvalue weighted by atomic mass is 9.84. The first-order valence-electron chi connectivity index (χ1n) is 9.34. The second-order valence-corrected chi connectivity index (χ2v) is 6.19. The zero-order chi connectivity index (χ0) is 19.3. The van der Waals surface area contributed by atoms with Crippen molar-refractivity contribution in [2.75, 3.05) is 0 Å². The average molecular weight is 353 g/mol. The van der Waals surface area contributed by atoms with E-state index in [1.165, 1.54) is 22.3 Å². The molecule has 0 heterocycles. The lowest BCUT2D eigenvalue weighted by molar-refractivity contribution is 0.976. The zero-order valence-electron chi connectivity index (χ0n) is 16.1. The lowest BCUT2D eigenvalue weighted by Gasteiger charge is -2.20. The Labute approximate surface area is 164 Å². The van der Waals surface area contributed by atoms with Gasteiger partial charge in [0.1, 0.15) is 0 Å². The minimum absolute atomic E-state index is 0.161. The van der Waals surface area contributed by atoms with Crippen LogP contribution in [-0.4, -0.2) is 0 Å². The third-order valence-electron chi connectivity index (χ3n) is 4.36. The van der Waals surface area contributed by atoms with Crippen molar-refractivity contribution >= 4 is 0 Å². The van der Waals surface area contributed by atoms with Crippen LogP contribution < -0.4 is 0 Å². The van der Waals surface area contributed by atoms with E-state index in [9.17, 15) is 0 Å². The summed E-state index contributed by atoms with van der Waals surface area (Å²) in [6.07, 6.45) is 17.4. The molecule has 0 atom stereocenters. The monoisotopic (exact) mass is 352 g/mol. The normalized spacial score (nSPS) is 12.8. The van der Waals surface area contributed by atoms with E-state index >= 15 is 0 Å². The first kappa shape index (κ1) is 20.2. The van der Waals surface area contributed by atoms with Gasteiger partial charge in [0, 0.05) is 5.92 Å². The standard InChI is InChI=1S/C27H28/c1-4-7-8-9-12-17-23(5-2)22-24(6-3)27(25-18-13-10-14-19-25)26-20-15-11-16-21-26/h4-8,10-22,27H,1,3,9H2,2H3/b8-7-,17-12-,23-5+,24-22+. The van der Waals surface area contributed by atoms with Crippen LogP contribution in [0.15, 0.2) is 134 Å². The molecule has 0 amide bonds. The van der Waals surface area contributed by atoms with E-state index in [1.807, 2.05) is 12.2 Å². The zero-order valence-corrected chi connectivity index (χ0v) is 16.1. The second kappa shape index (κ2) is 11.5. The number of hydrogen-bond acceptors (Lipinski definition) is 0. The molecule has 0 nitrogen and oxygen atoms in total. The average Bonchev–Trinajstić information content (AvgIpc) is 2.73. The number of allylic oxidation sites excluding steroid dienone is 10. The molecule has 0 N–H and O–H groups in total. The quantitative estimate of drug-likeness (QED) is 0.408. The van der Waals surface area contributed by atoms with Gasteiger partial charge in [-0.25, -0.2) is 0 Å². The Kier molecular flexibility index (Phi) is 8.59. The summed E-state index contributed by atoms with van der Waals surface area (Å²) in [4.78, 5) is 0. The Morgan fingerprint density at radius 2 is 1.48 bits per heavy atom. The molecule has 27 heavy (non-hydrogen) atoms. The Balaban J connectivity index is 2.39. The summed E-state index contributed by atoms with van der Waals surface area (Å²) in [5.74, 6) is 0.161. The summed E-state index contributed by atoms with van der Waals surface area (Å²) in [5, 5.41) is 0. The molecule has 0 aromatic heterocycles. The summed E-state index contributed by atoms with van der Waals surface area (Å²) in [6, 6.07) is 21.2. The molecule has 0 radical (unpaired) electrons. The largest absolute Gasteiger partial charge is 0.0991 e. The molecule has 0 bridgehead atoms. The number of hydrogen-bond donors (Lipinski definition) is 0. The molecule has 0 aliphatic carbocycles. The highest BCUT2D eigenvalue weighted by atomic mass is 14.2. The Hall–Kier alpha value is -3.12. The predicted molar refractivity (Wildman–Crippen MR) is 120 cm³/mol. The van der Waals surface area contributed by atoms with E-state index in [0.717, 1.165) is 6.42 Å². The van der Waals surface area contributed by atoms with Crippen LogP contribution in [0.1, 0.15) is 30.4 Å². The van der Waals surface area contributed by atoms with Crippen molar-refractivity contribution in [1.82, 2.24) is 0 Å². The van der Waals surface area contributed by atoms with Crippen molar-refractivity contribution in [2.45, 2.75) is 19.3 Å². The summed E-state index contributed by atoms with van der Waals surface area (Å²) in [5.41, 5.74) is 4.90. The molecule has 2 aromatic rings. The fourth-order valence-corrected chi connectivity index (χ4v) is 3.01. The topological polar surface area (TPSA) is 0 Å². The highest BCUT2D eigenvalue weighted by Crippen LogP contribution is 2.33. The van der Waals surface area contributed by atoms with Gasteiger partial charge in [-0.3, -0.25) is 0 Å². The molecular formula is C27H28. The molecular weight excluding hydrogens is 324 g/mol. The third kappa shape index (κ3) is 6.27. The van der Waals surface area contributed by atoms with Crippen LogP contribution in [0.3, 0.4) is 0 Å². The summed E-state index contributed by atoms with van der Waals surface area (Å²) in [7, 11) is 0. The van der Waals surface area contributed by atoms with Crippen molar-refractivity contribution in [1.29, 1.82) is 0 Å². The molecule has 0 aliphatic heterocycles. The highest BCUT2D eigenvalue weighted by Gasteiger charge is 2.16.